The molecular weight excluding hydrogens is 312 g/mol. The van der Waals surface area contributed by atoms with Gasteiger partial charge in [-0.25, -0.2) is 0 Å². The quantitative estimate of drug-likeness (QED) is 0.490. The average molecular weight is 332 g/mol. The number of allylic oxidation sites excluding steroid dienone is 2. The molecule has 0 bridgehead atoms. The molecule has 0 radical (unpaired) electrons. The van der Waals surface area contributed by atoms with Gasteiger partial charge < -0.3 is 5.32 Å². The second-order valence-corrected chi connectivity index (χ2v) is 7.14. The van der Waals surface area contributed by atoms with Crippen molar-refractivity contribution in [1.82, 2.24) is 5.32 Å². The fraction of sp³-hybridized carbons (Fsp3) is 0.412. The summed E-state index contributed by atoms with van der Waals surface area (Å²) in [6.07, 6.45) is 8.01. The number of hydrogen-bond donors (Lipinski definition) is 1. The smallest absolute Gasteiger partial charge is 0.224 e. The number of nitriles is 1. The van der Waals surface area contributed by atoms with Crippen LogP contribution in [0.5, 0.6) is 0 Å². The summed E-state index contributed by atoms with van der Waals surface area (Å²) < 4.78 is 0. The van der Waals surface area contributed by atoms with Crippen LogP contribution in [0.3, 0.4) is 0 Å². The van der Waals surface area contributed by atoms with Gasteiger partial charge in [0.05, 0.1) is 6.07 Å². The SMILES string of the molecule is CSc1ccc(SCC2CC=CCC2C(=O)NCC#N)cc1. The first-order valence-electron chi connectivity index (χ1n) is 7.31. The number of thioether (sulfide) groups is 2. The molecule has 0 spiro atoms. The van der Waals surface area contributed by atoms with Crippen LogP contribution in [-0.2, 0) is 4.79 Å². The Balaban J connectivity index is 1.92. The molecule has 0 heterocycles. The van der Waals surface area contributed by atoms with Crippen molar-refractivity contribution in [3.63, 3.8) is 0 Å². The van der Waals surface area contributed by atoms with Gasteiger partial charge in [-0.1, -0.05) is 12.2 Å². The van der Waals surface area contributed by atoms with Crippen molar-refractivity contribution in [2.45, 2.75) is 22.6 Å². The van der Waals surface area contributed by atoms with Gasteiger partial charge in [-0.05, 0) is 49.3 Å². The summed E-state index contributed by atoms with van der Waals surface area (Å²) in [5.74, 6) is 1.24. The Morgan fingerprint density at radius 1 is 1.27 bits per heavy atom. The van der Waals surface area contributed by atoms with Crippen molar-refractivity contribution < 1.29 is 4.79 Å². The summed E-state index contributed by atoms with van der Waals surface area (Å²) in [5.41, 5.74) is 0. The third kappa shape index (κ3) is 4.82. The van der Waals surface area contributed by atoms with Gasteiger partial charge in [0.1, 0.15) is 6.54 Å². The molecule has 1 aliphatic carbocycles. The van der Waals surface area contributed by atoms with E-state index in [1.807, 2.05) is 6.07 Å². The maximum Gasteiger partial charge on any atom is 0.224 e. The molecule has 5 heteroatoms. The number of nitrogens with zero attached hydrogens (tertiary/aromatic N) is 1. The number of amides is 1. The topological polar surface area (TPSA) is 52.9 Å². The Bertz CT molecular complexity index is 563. The molecule has 1 amide bonds. The van der Waals surface area contributed by atoms with Crippen LogP contribution in [0.4, 0.5) is 0 Å². The zero-order valence-corrected chi connectivity index (χ0v) is 14.3. The number of hydrogen-bond acceptors (Lipinski definition) is 4. The minimum atomic E-state index is -0.0173. The zero-order valence-electron chi connectivity index (χ0n) is 12.6. The Labute approximate surface area is 140 Å². The molecule has 1 aliphatic rings. The predicted molar refractivity (Wildman–Crippen MR) is 92.9 cm³/mol. The van der Waals surface area contributed by atoms with E-state index in [-0.39, 0.29) is 18.4 Å². The lowest BCUT2D eigenvalue weighted by Gasteiger charge is -2.27. The van der Waals surface area contributed by atoms with Crippen molar-refractivity contribution >= 4 is 29.4 Å². The van der Waals surface area contributed by atoms with E-state index in [1.54, 1.807) is 23.5 Å². The van der Waals surface area contributed by atoms with Gasteiger partial charge >= 0.3 is 0 Å². The molecule has 2 unspecified atom stereocenters. The molecular formula is C17H20N2OS2. The van der Waals surface area contributed by atoms with Gasteiger partial charge in [0, 0.05) is 21.5 Å². The monoisotopic (exact) mass is 332 g/mol. The lowest BCUT2D eigenvalue weighted by atomic mass is 9.83. The highest BCUT2D eigenvalue weighted by Crippen LogP contribution is 2.32. The van der Waals surface area contributed by atoms with Crippen LogP contribution in [0.25, 0.3) is 0 Å². The number of nitrogens with one attached hydrogen (secondary N) is 1. The van der Waals surface area contributed by atoms with E-state index in [0.29, 0.717) is 5.92 Å². The molecule has 0 fully saturated rings. The second-order valence-electron chi connectivity index (χ2n) is 5.17. The minimum absolute atomic E-state index is 0.00855. The highest BCUT2D eigenvalue weighted by atomic mass is 32.2. The third-order valence-corrected chi connectivity index (χ3v) is 5.71. The van der Waals surface area contributed by atoms with E-state index in [0.717, 1.165) is 18.6 Å². The van der Waals surface area contributed by atoms with Crippen molar-refractivity contribution in [1.29, 1.82) is 5.26 Å². The van der Waals surface area contributed by atoms with E-state index < -0.39 is 0 Å². The molecule has 0 saturated carbocycles. The Morgan fingerprint density at radius 3 is 2.64 bits per heavy atom. The van der Waals surface area contributed by atoms with Crippen molar-refractivity contribution in [2.75, 3.05) is 18.6 Å². The molecule has 3 nitrogen and oxygen atoms in total. The van der Waals surface area contributed by atoms with Gasteiger partial charge in [-0.15, -0.1) is 23.5 Å². The van der Waals surface area contributed by atoms with Gasteiger partial charge in [0.25, 0.3) is 0 Å². The van der Waals surface area contributed by atoms with Crippen molar-refractivity contribution in [3.05, 3.63) is 36.4 Å². The Morgan fingerprint density at radius 2 is 1.95 bits per heavy atom. The van der Waals surface area contributed by atoms with E-state index >= 15 is 0 Å². The maximum atomic E-state index is 12.2. The molecule has 2 rings (SSSR count). The van der Waals surface area contributed by atoms with Crippen molar-refractivity contribution in [2.24, 2.45) is 11.8 Å². The largest absolute Gasteiger partial charge is 0.343 e. The summed E-state index contributed by atoms with van der Waals surface area (Å²) >= 11 is 3.54. The van der Waals surface area contributed by atoms with Crippen LogP contribution in [-0.4, -0.2) is 24.5 Å². The van der Waals surface area contributed by atoms with Crippen LogP contribution in [0.1, 0.15) is 12.8 Å². The molecule has 22 heavy (non-hydrogen) atoms. The van der Waals surface area contributed by atoms with Crippen molar-refractivity contribution in [3.8, 4) is 6.07 Å². The normalized spacial score (nSPS) is 20.4. The standard InChI is InChI=1S/C17H20N2OS2/c1-21-14-6-8-15(9-7-14)22-12-13-4-2-3-5-16(13)17(20)19-11-10-18/h2-3,6-9,13,16H,4-5,11-12H2,1H3,(H,19,20). The van der Waals surface area contributed by atoms with E-state index in [4.69, 9.17) is 5.26 Å². The Hall–Kier alpha value is -1.38. The lowest BCUT2D eigenvalue weighted by Crippen LogP contribution is -2.36. The van der Waals surface area contributed by atoms with Gasteiger partial charge in [0.2, 0.25) is 5.91 Å². The molecule has 1 N–H and O–H groups in total. The summed E-state index contributed by atoms with van der Waals surface area (Å²) in [5, 5.41) is 11.3. The lowest BCUT2D eigenvalue weighted by molar-refractivity contribution is -0.126. The summed E-state index contributed by atoms with van der Waals surface area (Å²) in [7, 11) is 0. The molecule has 116 valence electrons. The van der Waals surface area contributed by atoms with Crippen LogP contribution in [0.2, 0.25) is 0 Å². The highest BCUT2D eigenvalue weighted by molar-refractivity contribution is 7.99. The number of carbonyl (C=O) groups excluding carboxylic acids is 1. The van der Waals surface area contributed by atoms with Crippen LogP contribution in [0.15, 0.2) is 46.2 Å². The van der Waals surface area contributed by atoms with E-state index in [9.17, 15) is 4.79 Å². The predicted octanol–water partition coefficient (Wildman–Crippen LogP) is 3.72. The fourth-order valence-electron chi connectivity index (χ4n) is 2.51. The molecule has 1 aromatic carbocycles. The van der Waals surface area contributed by atoms with Crippen LogP contribution in [0, 0.1) is 23.2 Å². The molecule has 0 saturated heterocycles. The number of rotatable bonds is 6. The van der Waals surface area contributed by atoms with Gasteiger partial charge in [-0.2, -0.15) is 5.26 Å². The second kappa shape index (κ2) is 8.92. The fourth-order valence-corrected chi connectivity index (χ4v) is 4.02. The van der Waals surface area contributed by atoms with Crippen LogP contribution >= 0.6 is 23.5 Å². The first kappa shape index (κ1) is 17.0. The third-order valence-electron chi connectivity index (χ3n) is 3.77. The zero-order chi connectivity index (χ0) is 15.8. The first-order chi connectivity index (χ1) is 10.7. The Kier molecular flexibility index (Phi) is 6.88. The summed E-state index contributed by atoms with van der Waals surface area (Å²) in [6.45, 7) is 0.0923. The highest BCUT2D eigenvalue weighted by Gasteiger charge is 2.28. The molecule has 0 aromatic heterocycles. The van der Waals surface area contributed by atoms with Gasteiger partial charge in [-0.3, -0.25) is 4.79 Å². The maximum absolute atomic E-state index is 12.2. The van der Waals surface area contributed by atoms with Gasteiger partial charge in [0.15, 0.2) is 0 Å². The van der Waals surface area contributed by atoms with E-state index in [1.165, 1.54) is 9.79 Å². The van der Waals surface area contributed by atoms with Crippen LogP contribution < -0.4 is 5.32 Å². The number of benzene rings is 1. The summed E-state index contributed by atoms with van der Waals surface area (Å²) in [4.78, 5) is 14.7. The van der Waals surface area contributed by atoms with E-state index in [2.05, 4.69) is 48.0 Å². The molecule has 0 aliphatic heterocycles. The minimum Gasteiger partial charge on any atom is -0.343 e. The summed E-state index contributed by atoms with van der Waals surface area (Å²) in [6, 6.07) is 10.5. The molecule has 1 aromatic rings. The average Bonchev–Trinajstić information content (AvgIpc) is 2.58. The molecule has 2 atom stereocenters. The number of carbonyl (C=O) groups is 1. The first-order valence-corrected chi connectivity index (χ1v) is 9.52.